The smallest absolute Gasteiger partial charge is 0.224 e. The molecule has 0 aromatic heterocycles. The number of carbonyl (C=O) groups excluding carboxylic acids is 1. The molecule has 0 aliphatic carbocycles. The summed E-state index contributed by atoms with van der Waals surface area (Å²) in [5.74, 6) is 0.101. The first kappa shape index (κ1) is 12.2. The Morgan fingerprint density at radius 2 is 1.85 bits per heavy atom. The fourth-order valence-electron chi connectivity index (χ4n) is 1.19. The first-order chi connectivity index (χ1) is 6.16. The van der Waals surface area contributed by atoms with Gasteiger partial charge in [-0.1, -0.05) is 39.2 Å². The number of rotatable bonds is 7. The highest BCUT2D eigenvalue weighted by Gasteiger charge is 1.99. The van der Waals surface area contributed by atoms with E-state index in [1.165, 1.54) is 19.3 Å². The van der Waals surface area contributed by atoms with Crippen molar-refractivity contribution >= 4 is 5.91 Å². The monoisotopic (exact) mass is 183 g/mol. The van der Waals surface area contributed by atoms with Gasteiger partial charge in [0, 0.05) is 12.1 Å². The van der Waals surface area contributed by atoms with Gasteiger partial charge in [-0.15, -0.1) is 0 Å². The van der Waals surface area contributed by atoms with Gasteiger partial charge in [-0.2, -0.15) is 0 Å². The first-order valence-electron chi connectivity index (χ1n) is 5.12. The molecule has 2 nitrogen and oxygen atoms in total. The number of hydrogen-bond acceptors (Lipinski definition) is 1. The zero-order valence-corrected chi connectivity index (χ0v) is 8.86. The highest BCUT2D eigenvalue weighted by molar-refractivity contribution is 5.77. The maximum atomic E-state index is 11.1. The lowest BCUT2D eigenvalue weighted by Crippen LogP contribution is -2.19. The van der Waals surface area contributed by atoms with Gasteiger partial charge in [0.1, 0.15) is 0 Å². The molecule has 0 spiro atoms. The Bertz CT molecular complexity index is 163. The van der Waals surface area contributed by atoms with Crippen LogP contribution < -0.4 is 5.32 Å². The Morgan fingerprint density at radius 3 is 2.38 bits per heavy atom. The Morgan fingerprint density at radius 1 is 1.23 bits per heavy atom. The van der Waals surface area contributed by atoms with Crippen molar-refractivity contribution in [1.82, 2.24) is 5.32 Å². The lowest BCUT2D eigenvalue weighted by molar-refractivity contribution is -0.120. The van der Waals surface area contributed by atoms with E-state index in [0.29, 0.717) is 6.42 Å². The molecule has 0 radical (unpaired) electrons. The predicted molar refractivity (Wildman–Crippen MR) is 56.3 cm³/mol. The van der Waals surface area contributed by atoms with E-state index in [4.69, 9.17) is 0 Å². The zero-order chi connectivity index (χ0) is 10.1. The fourth-order valence-corrected chi connectivity index (χ4v) is 1.19. The molecule has 0 unspecified atom stereocenters. The van der Waals surface area contributed by atoms with Gasteiger partial charge in [-0.3, -0.25) is 4.79 Å². The van der Waals surface area contributed by atoms with E-state index in [-0.39, 0.29) is 5.91 Å². The Labute approximate surface area is 81.4 Å². The minimum atomic E-state index is 0.101. The second-order valence-corrected chi connectivity index (χ2v) is 3.49. The van der Waals surface area contributed by atoms with Crippen LogP contribution in [0.2, 0.25) is 0 Å². The number of unbranched alkanes of at least 4 members (excludes halogenated alkanes) is 4. The largest absolute Gasteiger partial charge is 0.331 e. The maximum absolute atomic E-state index is 11.1. The molecule has 0 saturated carbocycles. The number of allylic oxidation sites excluding steroid dienone is 1. The summed E-state index contributed by atoms with van der Waals surface area (Å²) < 4.78 is 0. The van der Waals surface area contributed by atoms with Crippen molar-refractivity contribution < 1.29 is 4.79 Å². The summed E-state index contributed by atoms with van der Waals surface area (Å²) in [5.41, 5.74) is 0.735. The summed E-state index contributed by atoms with van der Waals surface area (Å²) in [6.07, 6.45) is 6.57. The topological polar surface area (TPSA) is 29.1 Å². The molecular formula is C11H21NO. The van der Waals surface area contributed by atoms with Gasteiger partial charge < -0.3 is 5.32 Å². The number of hydrogen-bond donors (Lipinski definition) is 1. The van der Waals surface area contributed by atoms with Crippen molar-refractivity contribution in [2.24, 2.45) is 0 Å². The van der Waals surface area contributed by atoms with Crippen LogP contribution in [0.15, 0.2) is 12.3 Å². The molecule has 13 heavy (non-hydrogen) atoms. The third-order valence-electron chi connectivity index (χ3n) is 1.86. The van der Waals surface area contributed by atoms with Crippen LogP contribution in [0.3, 0.4) is 0 Å². The second-order valence-electron chi connectivity index (χ2n) is 3.49. The van der Waals surface area contributed by atoms with Crippen molar-refractivity contribution in [3.05, 3.63) is 12.3 Å². The molecule has 0 fully saturated rings. The molecule has 1 amide bonds. The first-order valence-corrected chi connectivity index (χ1v) is 5.12. The van der Waals surface area contributed by atoms with E-state index in [9.17, 15) is 4.79 Å². The van der Waals surface area contributed by atoms with Crippen LogP contribution in [-0.4, -0.2) is 5.91 Å². The molecule has 0 saturated heterocycles. The van der Waals surface area contributed by atoms with Crippen LogP contribution in [-0.2, 0) is 4.79 Å². The van der Waals surface area contributed by atoms with Gasteiger partial charge in [0.15, 0.2) is 0 Å². The van der Waals surface area contributed by atoms with Gasteiger partial charge in [0.25, 0.3) is 0 Å². The summed E-state index contributed by atoms with van der Waals surface area (Å²) in [6, 6.07) is 0. The second kappa shape index (κ2) is 7.84. The molecule has 0 aliphatic heterocycles. The van der Waals surface area contributed by atoms with Crippen molar-refractivity contribution in [3.63, 3.8) is 0 Å². The Hall–Kier alpha value is -0.790. The van der Waals surface area contributed by atoms with E-state index in [0.717, 1.165) is 18.5 Å². The van der Waals surface area contributed by atoms with Crippen molar-refractivity contribution in [2.45, 2.75) is 52.4 Å². The molecule has 0 atom stereocenters. The molecule has 0 heterocycles. The number of amides is 1. The van der Waals surface area contributed by atoms with Crippen LogP contribution in [0.5, 0.6) is 0 Å². The average molecular weight is 183 g/mol. The van der Waals surface area contributed by atoms with Gasteiger partial charge in [-0.05, 0) is 13.3 Å². The molecule has 1 N–H and O–H groups in total. The Balaban J connectivity index is 3.22. The van der Waals surface area contributed by atoms with Crippen LogP contribution in [0.25, 0.3) is 0 Å². The summed E-state index contributed by atoms with van der Waals surface area (Å²) in [7, 11) is 0. The van der Waals surface area contributed by atoms with E-state index < -0.39 is 0 Å². The fraction of sp³-hybridized carbons (Fsp3) is 0.727. The van der Waals surface area contributed by atoms with Crippen LogP contribution in [0.4, 0.5) is 0 Å². The van der Waals surface area contributed by atoms with Gasteiger partial charge >= 0.3 is 0 Å². The van der Waals surface area contributed by atoms with E-state index in [1.807, 2.05) is 0 Å². The average Bonchev–Trinajstić information content (AvgIpc) is 2.02. The van der Waals surface area contributed by atoms with Gasteiger partial charge in [-0.25, -0.2) is 0 Å². The summed E-state index contributed by atoms with van der Waals surface area (Å²) in [4.78, 5) is 11.1. The highest BCUT2D eigenvalue weighted by atomic mass is 16.1. The minimum absolute atomic E-state index is 0.101. The predicted octanol–water partition coefficient (Wildman–Crippen LogP) is 3.00. The molecule has 0 aromatic rings. The van der Waals surface area contributed by atoms with Crippen molar-refractivity contribution in [3.8, 4) is 0 Å². The third kappa shape index (κ3) is 9.12. The maximum Gasteiger partial charge on any atom is 0.224 e. The molecule has 0 rings (SSSR count). The summed E-state index contributed by atoms with van der Waals surface area (Å²) in [6.45, 7) is 7.61. The Kier molecular flexibility index (Phi) is 7.36. The number of carbonyl (C=O) groups is 1. The molecule has 0 bridgehead atoms. The van der Waals surface area contributed by atoms with Crippen LogP contribution in [0.1, 0.15) is 52.4 Å². The lowest BCUT2D eigenvalue weighted by Gasteiger charge is -2.03. The molecular weight excluding hydrogens is 162 g/mol. The number of nitrogens with one attached hydrogen (secondary N) is 1. The molecule has 76 valence electrons. The van der Waals surface area contributed by atoms with E-state index >= 15 is 0 Å². The van der Waals surface area contributed by atoms with Gasteiger partial charge in [0.2, 0.25) is 5.91 Å². The highest BCUT2D eigenvalue weighted by Crippen LogP contribution is 2.04. The standard InChI is InChI=1S/C11H21NO/c1-4-5-6-7-8-9-11(13)12-10(2)3/h2,4-9H2,1,3H3,(H,12,13). The van der Waals surface area contributed by atoms with Crippen LogP contribution in [0, 0.1) is 0 Å². The molecule has 0 aromatic carbocycles. The van der Waals surface area contributed by atoms with Crippen LogP contribution >= 0.6 is 0 Å². The van der Waals surface area contributed by atoms with Gasteiger partial charge in [0.05, 0.1) is 0 Å². The summed E-state index contributed by atoms with van der Waals surface area (Å²) in [5, 5.41) is 2.70. The zero-order valence-electron chi connectivity index (χ0n) is 8.86. The van der Waals surface area contributed by atoms with Crippen molar-refractivity contribution in [2.75, 3.05) is 0 Å². The third-order valence-corrected chi connectivity index (χ3v) is 1.86. The summed E-state index contributed by atoms with van der Waals surface area (Å²) >= 11 is 0. The van der Waals surface area contributed by atoms with E-state index in [2.05, 4.69) is 18.8 Å². The SMILES string of the molecule is C=C(C)NC(=O)CCCCCCC. The lowest BCUT2D eigenvalue weighted by atomic mass is 10.1. The quantitative estimate of drug-likeness (QED) is 0.604. The normalized spacial score (nSPS) is 9.69. The minimum Gasteiger partial charge on any atom is -0.331 e. The van der Waals surface area contributed by atoms with E-state index in [1.54, 1.807) is 6.92 Å². The molecule has 0 aliphatic rings. The van der Waals surface area contributed by atoms with Crippen molar-refractivity contribution in [1.29, 1.82) is 0 Å². The molecule has 2 heteroatoms.